The van der Waals surface area contributed by atoms with E-state index in [1.807, 2.05) is 42.5 Å². The van der Waals surface area contributed by atoms with Gasteiger partial charge < -0.3 is 14.8 Å². The van der Waals surface area contributed by atoms with E-state index in [4.69, 9.17) is 9.47 Å². The smallest absolute Gasteiger partial charge is 0.244 e. The molecule has 0 aromatic heterocycles. The van der Waals surface area contributed by atoms with Gasteiger partial charge in [0.05, 0.1) is 14.2 Å². The van der Waals surface area contributed by atoms with Gasteiger partial charge in [0.2, 0.25) is 5.91 Å². The Kier molecular flexibility index (Phi) is 6.88. The maximum absolute atomic E-state index is 11.9. The molecule has 0 spiro atoms. The van der Waals surface area contributed by atoms with Gasteiger partial charge in [0.1, 0.15) is 0 Å². The first kappa shape index (κ1) is 18.1. The Labute approximate surface area is 150 Å². The van der Waals surface area contributed by atoms with E-state index in [0.717, 1.165) is 22.0 Å². The van der Waals surface area contributed by atoms with Crippen molar-refractivity contribution in [2.45, 2.75) is 6.42 Å². The molecule has 0 fully saturated rings. The summed E-state index contributed by atoms with van der Waals surface area (Å²) in [6, 6.07) is 13.5. The van der Waals surface area contributed by atoms with Crippen molar-refractivity contribution in [1.29, 1.82) is 0 Å². The summed E-state index contributed by atoms with van der Waals surface area (Å²) in [5, 5.41) is 2.87. The molecule has 4 nitrogen and oxygen atoms in total. The lowest BCUT2D eigenvalue weighted by atomic mass is 10.1. The molecule has 2 rings (SSSR count). The SMILES string of the molecule is COc1ccc(CCNC(=O)/C=C/c2cccc(Br)c2)cc1OC. The van der Waals surface area contributed by atoms with Gasteiger partial charge in [0.25, 0.3) is 0 Å². The minimum Gasteiger partial charge on any atom is -0.493 e. The van der Waals surface area contributed by atoms with Crippen molar-refractivity contribution in [3.63, 3.8) is 0 Å². The van der Waals surface area contributed by atoms with Gasteiger partial charge in [-0.1, -0.05) is 34.1 Å². The summed E-state index contributed by atoms with van der Waals surface area (Å²) >= 11 is 3.41. The van der Waals surface area contributed by atoms with Crippen molar-refractivity contribution in [3.05, 3.63) is 64.1 Å². The molecule has 0 atom stereocenters. The van der Waals surface area contributed by atoms with Crippen LogP contribution in [-0.2, 0) is 11.2 Å². The highest BCUT2D eigenvalue weighted by molar-refractivity contribution is 9.10. The number of carbonyl (C=O) groups excluding carboxylic acids is 1. The van der Waals surface area contributed by atoms with Crippen molar-refractivity contribution in [1.82, 2.24) is 5.32 Å². The van der Waals surface area contributed by atoms with Crippen LogP contribution in [-0.4, -0.2) is 26.7 Å². The molecule has 24 heavy (non-hydrogen) atoms. The Bertz CT molecular complexity index is 728. The number of nitrogens with one attached hydrogen (secondary N) is 1. The van der Waals surface area contributed by atoms with Gasteiger partial charge in [-0.3, -0.25) is 4.79 Å². The zero-order chi connectivity index (χ0) is 17.4. The molecular weight excluding hydrogens is 370 g/mol. The zero-order valence-electron chi connectivity index (χ0n) is 13.7. The molecular formula is C19H20BrNO3. The molecule has 2 aromatic carbocycles. The second-order valence-electron chi connectivity index (χ2n) is 5.12. The fourth-order valence-electron chi connectivity index (χ4n) is 2.21. The number of rotatable bonds is 7. The van der Waals surface area contributed by atoms with Crippen LogP contribution in [0.4, 0.5) is 0 Å². The molecule has 1 amide bonds. The Morgan fingerprint density at radius 2 is 1.92 bits per heavy atom. The quantitative estimate of drug-likeness (QED) is 0.731. The normalized spacial score (nSPS) is 10.6. The summed E-state index contributed by atoms with van der Waals surface area (Å²) in [5.74, 6) is 1.27. The fraction of sp³-hybridized carbons (Fsp3) is 0.211. The highest BCUT2D eigenvalue weighted by Crippen LogP contribution is 2.27. The summed E-state index contributed by atoms with van der Waals surface area (Å²) in [4.78, 5) is 11.9. The van der Waals surface area contributed by atoms with Gasteiger partial charge in [0, 0.05) is 17.1 Å². The molecule has 0 saturated carbocycles. The van der Waals surface area contributed by atoms with Crippen LogP contribution in [0, 0.1) is 0 Å². The standard InChI is InChI=1S/C19H20BrNO3/c1-23-17-8-6-15(13-18(17)24-2)10-11-21-19(22)9-7-14-4-3-5-16(20)12-14/h3-9,12-13H,10-11H2,1-2H3,(H,21,22)/b9-7+. The summed E-state index contributed by atoms with van der Waals surface area (Å²) in [5.41, 5.74) is 2.04. The molecule has 0 heterocycles. The monoisotopic (exact) mass is 389 g/mol. The number of benzene rings is 2. The lowest BCUT2D eigenvalue weighted by Crippen LogP contribution is -2.23. The fourth-order valence-corrected chi connectivity index (χ4v) is 2.62. The molecule has 0 saturated heterocycles. The van der Waals surface area contributed by atoms with Gasteiger partial charge in [-0.2, -0.15) is 0 Å². The zero-order valence-corrected chi connectivity index (χ0v) is 15.3. The molecule has 1 N–H and O–H groups in total. The molecule has 126 valence electrons. The number of hydrogen-bond donors (Lipinski definition) is 1. The lowest BCUT2D eigenvalue weighted by molar-refractivity contribution is -0.116. The molecule has 0 bridgehead atoms. The first-order valence-electron chi connectivity index (χ1n) is 7.55. The van der Waals surface area contributed by atoms with E-state index in [1.165, 1.54) is 6.08 Å². The number of amides is 1. The average molecular weight is 390 g/mol. The van der Waals surface area contributed by atoms with Gasteiger partial charge >= 0.3 is 0 Å². The Morgan fingerprint density at radius 1 is 1.12 bits per heavy atom. The van der Waals surface area contributed by atoms with E-state index in [1.54, 1.807) is 20.3 Å². The van der Waals surface area contributed by atoms with E-state index in [9.17, 15) is 4.79 Å². The van der Waals surface area contributed by atoms with Crippen molar-refractivity contribution < 1.29 is 14.3 Å². The van der Waals surface area contributed by atoms with Crippen molar-refractivity contribution in [3.8, 4) is 11.5 Å². The highest BCUT2D eigenvalue weighted by atomic mass is 79.9. The van der Waals surface area contributed by atoms with Crippen LogP contribution >= 0.6 is 15.9 Å². The first-order chi connectivity index (χ1) is 11.6. The van der Waals surface area contributed by atoms with Crippen molar-refractivity contribution >= 4 is 27.9 Å². The van der Waals surface area contributed by atoms with E-state index in [2.05, 4.69) is 21.2 Å². The minimum atomic E-state index is -0.115. The number of carbonyl (C=O) groups is 1. The summed E-state index contributed by atoms with van der Waals surface area (Å²) in [7, 11) is 3.21. The van der Waals surface area contributed by atoms with Crippen LogP contribution in [0.2, 0.25) is 0 Å². The number of ether oxygens (including phenoxy) is 2. The number of halogens is 1. The van der Waals surface area contributed by atoms with Crippen LogP contribution in [0.1, 0.15) is 11.1 Å². The van der Waals surface area contributed by atoms with Crippen LogP contribution in [0.3, 0.4) is 0 Å². The first-order valence-corrected chi connectivity index (χ1v) is 8.34. The maximum Gasteiger partial charge on any atom is 0.244 e. The third-order valence-corrected chi connectivity index (χ3v) is 3.93. The predicted molar refractivity (Wildman–Crippen MR) is 99.4 cm³/mol. The highest BCUT2D eigenvalue weighted by Gasteiger charge is 2.04. The van der Waals surface area contributed by atoms with Crippen LogP contribution < -0.4 is 14.8 Å². The number of hydrogen-bond acceptors (Lipinski definition) is 3. The van der Waals surface area contributed by atoms with Crippen LogP contribution in [0.15, 0.2) is 53.0 Å². The molecule has 0 radical (unpaired) electrons. The maximum atomic E-state index is 11.9. The van der Waals surface area contributed by atoms with E-state index in [0.29, 0.717) is 18.0 Å². The summed E-state index contributed by atoms with van der Waals surface area (Å²) in [6.45, 7) is 0.553. The third-order valence-electron chi connectivity index (χ3n) is 3.44. The summed E-state index contributed by atoms with van der Waals surface area (Å²) < 4.78 is 11.5. The molecule has 2 aromatic rings. The Morgan fingerprint density at radius 3 is 2.62 bits per heavy atom. The van der Waals surface area contributed by atoms with Crippen LogP contribution in [0.5, 0.6) is 11.5 Å². The molecule has 0 aliphatic rings. The van der Waals surface area contributed by atoms with E-state index in [-0.39, 0.29) is 5.91 Å². The van der Waals surface area contributed by atoms with Gasteiger partial charge in [-0.05, 0) is 47.9 Å². The summed E-state index contributed by atoms with van der Waals surface area (Å²) in [6.07, 6.45) is 4.05. The van der Waals surface area contributed by atoms with Crippen molar-refractivity contribution in [2.24, 2.45) is 0 Å². The van der Waals surface area contributed by atoms with Crippen LogP contribution in [0.25, 0.3) is 6.08 Å². The van der Waals surface area contributed by atoms with E-state index < -0.39 is 0 Å². The second kappa shape index (κ2) is 9.13. The third kappa shape index (κ3) is 5.42. The molecule has 0 aliphatic heterocycles. The average Bonchev–Trinajstić information content (AvgIpc) is 2.60. The molecule has 0 unspecified atom stereocenters. The molecule has 0 aliphatic carbocycles. The van der Waals surface area contributed by atoms with Gasteiger partial charge in [0.15, 0.2) is 11.5 Å². The largest absolute Gasteiger partial charge is 0.493 e. The van der Waals surface area contributed by atoms with Gasteiger partial charge in [-0.15, -0.1) is 0 Å². The second-order valence-corrected chi connectivity index (χ2v) is 6.03. The topological polar surface area (TPSA) is 47.6 Å². The lowest BCUT2D eigenvalue weighted by Gasteiger charge is -2.09. The van der Waals surface area contributed by atoms with Gasteiger partial charge in [-0.25, -0.2) is 0 Å². The molecule has 5 heteroatoms. The minimum absolute atomic E-state index is 0.115. The Hall–Kier alpha value is -2.27. The predicted octanol–water partition coefficient (Wildman–Crippen LogP) is 3.84. The van der Waals surface area contributed by atoms with Crippen molar-refractivity contribution in [2.75, 3.05) is 20.8 Å². The number of methoxy groups -OCH3 is 2. The Balaban J connectivity index is 1.84. The van der Waals surface area contributed by atoms with E-state index >= 15 is 0 Å².